The van der Waals surface area contributed by atoms with Crippen molar-refractivity contribution in [3.63, 3.8) is 0 Å². The average molecular weight is 352 g/mol. The smallest absolute Gasteiger partial charge is 0.242 e. The van der Waals surface area contributed by atoms with Crippen molar-refractivity contribution in [2.75, 3.05) is 7.11 Å². The van der Waals surface area contributed by atoms with Gasteiger partial charge in [0, 0.05) is 17.9 Å². The van der Waals surface area contributed by atoms with Gasteiger partial charge in [0.05, 0.1) is 18.9 Å². The molecule has 4 rings (SSSR count). The molecule has 0 spiro atoms. The molecule has 1 aliphatic heterocycles. The van der Waals surface area contributed by atoms with Crippen molar-refractivity contribution < 1.29 is 13.9 Å². The third-order valence-electron chi connectivity index (χ3n) is 5.28. The zero-order valence-corrected chi connectivity index (χ0v) is 14.9. The maximum Gasteiger partial charge on any atom is 0.242 e. The summed E-state index contributed by atoms with van der Waals surface area (Å²) in [6, 6.07) is 12.3. The molecule has 134 valence electrons. The number of hydrazone groups is 1. The normalized spacial score (nSPS) is 21.0. The van der Waals surface area contributed by atoms with Crippen LogP contribution >= 0.6 is 0 Å². The van der Waals surface area contributed by atoms with Crippen molar-refractivity contribution in [2.45, 2.75) is 32.2 Å². The molecule has 26 heavy (non-hydrogen) atoms. The molecule has 2 atom stereocenters. The number of carbonyl (C=O) groups is 1. The Balaban J connectivity index is 1.82. The molecule has 2 unspecified atom stereocenters. The second-order valence-electron chi connectivity index (χ2n) is 6.75. The number of aryl methyl sites for hydroxylation is 1. The van der Waals surface area contributed by atoms with E-state index in [0.717, 1.165) is 35.4 Å². The first-order valence-corrected chi connectivity index (χ1v) is 8.95. The number of carbonyl (C=O) groups excluding carboxylic acids is 1. The lowest BCUT2D eigenvalue weighted by Crippen LogP contribution is -2.32. The Hall–Kier alpha value is -2.69. The van der Waals surface area contributed by atoms with Gasteiger partial charge in [-0.15, -0.1) is 0 Å². The molecule has 4 nitrogen and oxygen atoms in total. The zero-order chi connectivity index (χ0) is 18.3. The van der Waals surface area contributed by atoms with Gasteiger partial charge in [-0.05, 0) is 48.2 Å². The first-order chi connectivity index (χ1) is 12.6. The van der Waals surface area contributed by atoms with Crippen LogP contribution in [0.5, 0.6) is 5.75 Å². The summed E-state index contributed by atoms with van der Waals surface area (Å²) in [6.45, 7) is 1.82. The molecule has 0 saturated heterocycles. The molecule has 2 aliphatic rings. The minimum Gasteiger partial charge on any atom is -0.497 e. The lowest BCUT2D eigenvalue weighted by Gasteiger charge is -2.29. The quantitative estimate of drug-likeness (QED) is 0.835. The van der Waals surface area contributed by atoms with Crippen LogP contribution in [-0.2, 0) is 11.2 Å². The van der Waals surface area contributed by atoms with Gasteiger partial charge in [-0.2, -0.15) is 5.10 Å². The summed E-state index contributed by atoms with van der Waals surface area (Å²) < 4.78 is 19.2. The van der Waals surface area contributed by atoms with E-state index in [0.29, 0.717) is 6.42 Å². The predicted octanol–water partition coefficient (Wildman–Crippen LogP) is 4.09. The molecule has 0 aromatic heterocycles. The van der Waals surface area contributed by atoms with Crippen LogP contribution in [0.15, 0.2) is 47.6 Å². The molecule has 5 heteroatoms. The van der Waals surface area contributed by atoms with Gasteiger partial charge in [0.25, 0.3) is 0 Å². The Morgan fingerprint density at radius 1 is 1.31 bits per heavy atom. The van der Waals surface area contributed by atoms with Crippen molar-refractivity contribution in [3.05, 3.63) is 65.0 Å². The fourth-order valence-electron chi connectivity index (χ4n) is 4.01. The van der Waals surface area contributed by atoms with Crippen LogP contribution in [0, 0.1) is 11.7 Å². The van der Waals surface area contributed by atoms with Crippen LogP contribution in [0.3, 0.4) is 0 Å². The molecule has 0 N–H and O–H groups in total. The number of benzene rings is 2. The maximum atomic E-state index is 13.8. The van der Waals surface area contributed by atoms with E-state index in [-0.39, 0.29) is 23.7 Å². The Bertz CT molecular complexity index is 893. The van der Waals surface area contributed by atoms with Crippen molar-refractivity contribution >= 4 is 11.6 Å². The standard InChI is InChI=1S/C21H21FN2O2/c1-3-19(25)24-21(14-5-4-6-15(22)11-14)17-10-8-13-7-9-16(26-2)12-18(13)20(17)23-24/h4-7,9,11-12,17,21H,3,8,10H2,1-2H3. The number of methoxy groups -OCH3 is 1. The topological polar surface area (TPSA) is 41.9 Å². The van der Waals surface area contributed by atoms with E-state index in [2.05, 4.69) is 6.07 Å². The number of ether oxygens (including phenoxy) is 1. The first-order valence-electron chi connectivity index (χ1n) is 8.95. The van der Waals surface area contributed by atoms with E-state index in [4.69, 9.17) is 9.84 Å². The van der Waals surface area contributed by atoms with Gasteiger partial charge in [-0.1, -0.05) is 25.1 Å². The lowest BCUT2D eigenvalue weighted by atomic mass is 9.77. The molecule has 0 saturated carbocycles. The van der Waals surface area contributed by atoms with Crippen molar-refractivity contribution in [1.29, 1.82) is 0 Å². The van der Waals surface area contributed by atoms with Gasteiger partial charge < -0.3 is 4.74 Å². The number of amides is 1. The first kappa shape index (κ1) is 16.8. The highest BCUT2D eigenvalue weighted by molar-refractivity contribution is 6.07. The van der Waals surface area contributed by atoms with Crippen LogP contribution in [0.1, 0.15) is 42.5 Å². The lowest BCUT2D eigenvalue weighted by molar-refractivity contribution is -0.133. The van der Waals surface area contributed by atoms with E-state index in [1.54, 1.807) is 18.2 Å². The van der Waals surface area contributed by atoms with Crippen molar-refractivity contribution in [1.82, 2.24) is 5.01 Å². The largest absolute Gasteiger partial charge is 0.497 e. The molecule has 2 aromatic carbocycles. The number of hydrogen-bond acceptors (Lipinski definition) is 3. The molecule has 0 radical (unpaired) electrons. The maximum absolute atomic E-state index is 13.8. The van der Waals surface area contributed by atoms with E-state index in [1.165, 1.54) is 17.7 Å². The molecule has 0 bridgehead atoms. The van der Waals surface area contributed by atoms with Gasteiger partial charge in [-0.25, -0.2) is 9.40 Å². The second kappa shape index (κ2) is 6.56. The van der Waals surface area contributed by atoms with E-state index in [1.807, 2.05) is 25.1 Å². The summed E-state index contributed by atoms with van der Waals surface area (Å²) in [7, 11) is 1.64. The molecular formula is C21H21FN2O2. The van der Waals surface area contributed by atoms with Crippen molar-refractivity contribution in [3.8, 4) is 5.75 Å². The number of fused-ring (bicyclic) bond motifs is 3. The Morgan fingerprint density at radius 2 is 2.15 bits per heavy atom. The predicted molar refractivity (Wildman–Crippen MR) is 97.6 cm³/mol. The third-order valence-corrected chi connectivity index (χ3v) is 5.28. The summed E-state index contributed by atoms with van der Waals surface area (Å²) >= 11 is 0. The van der Waals surface area contributed by atoms with Gasteiger partial charge in [-0.3, -0.25) is 4.79 Å². The second-order valence-corrected chi connectivity index (χ2v) is 6.75. The van der Waals surface area contributed by atoms with E-state index < -0.39 is 0 Å². The van der Waals surface area contributed by atoms with Crippen LogP contribution < -0.4 is 4.74 Å². The van der Waals surface area contributed by atoms with E-state index in [9.17, 15) is 9.18 Å². The summed E-state index contributed by atoms with van der Waals surface area (Å²) in [5.41, 5.74) is 3.95. The van der Waals surface area contributed by atoms with Crippen LogP contribution in [-0.4, -0.2) is 23.7 Å². The average Bonchev–Trinajstić information content (AvgIpc) is 3.07. The monoisotopic (exact) mass is 352 g/mol. The Labute approximate surface area is 152 Å². The fraction of sp³-hybridized carbons (Fsp3) is 0.333. The Kier molecular flexibility index (Phi) is 4.23. The summed E-state index contributed by atoms with van der Waals surface area (Å²) in [6.07, 6.45) is 2.15. The molecule has 1 amide bonds. The van der Waals surface area contributed by atoms with Crippen molar-refractivity contribution in [2.24, 2.45) is 11.0 Å². The molecule has 1 aliphatic carbocycles. The summed E-state index contributed by atoms with van der Waals surface area (Å²) in [4.78, 5) is 12.6. The SMILES string of the molecule is CCC(=O)N1N=C2c3cc(OC)ccc3CCC2C1c1cccc(F)c1. The molecule has 0 fully saturated rings. The third kappa shape index (κ3) is 2.68. The van der Waals surface area contributed by atoms with Gasteiger partial charge in [0.15, 0.2) is 0 Å². The molecule has 2 aromatic rings. The number of hydrogen-bond donors (Lipinski definition) is 0. The minimum absolute atomic E-state index is 0.0504. The number of halogens is 1. The van der Waals surface area contributed by atoms with Gasteiger partial charge >= 0.3 is 0 Å². The molecular weight excluding hydrogens is 331 g/mol. The van der Waals surface area contributed by atoms with Gasteiger partial charge in [0.1, 0.15) is 11.6 Å². The number of nitrogens with zero attached hydrogens (tertiary/aromatic N) is 2. The number of rotatable bonds is 3. The van der Waals surface area contributed by atoms with Crippen LogP contribution in [0.4, 0.5) is 4.39 Å². The summed E-state index contributed by atoms with van der Waals surface area (Å²) in [5, 5.41) is 6.27. The zero-order valence-electron chi connectivity index (χ0n) is 14.9. The summed E-state index contributed by atoms with van der Waals surface area (Å²) in [5.74, 6) is 0.491. The highest BCUT2D eigenvalue weighted by Gasteiger charge is 2.43. The highest BCUT2D eigenvalue weighted by Crippen LogP contribution is 2.44. The van der Waals surface area contributed by atoms with Gasteiger partial charge in [0.2, 0.25) is 5.91 Å². The van der Waals surface area contributed by atoms with Crippen LogP contribution in [0.25, 0.3) is 0 Å². The Morgan fingerprint density at radius 3 is 2.88 bits per heavy atom. The van der Waals surface area contributed by atoms with E-state index >= 15 is 0 Å². The highest BCUT2D eigenvalue weighted by atomic mass is 19.1. The van der Waals surface area contributed by atoms with Crippen LogP contribution in [0.2, 0.25) is 0 Å². The minimum atomic E-state index is -0.294. The molecule has 1 heterocycles. The fourth-order valence-corrected chi connectivity index (χ4v) is 4.01.